The number of nitrogens with zero attached hydrogens (tertiary/aromatic N) is 3. The fraction of sp³-hybridized carbons (Fsp3) is 0.455. The van der Waals surface area contributed by atoms with Crippen LogP contribution in [0.5, 0.6) is 0 Å². The van der Waals surface area contributed by atoms with Crippen LogP contribution in [0.2, 0.25) is 0 Å². The van der Waals surface area contributed by atoms with E-state index in [0.29, 0.717) is 6.54 Å². The number of carbonyl (C=O) groups is 1. The van der Waals surface area contributed by atoms with Gasteiger partial charge in [-0.2, -0.15) is 5.10 Å². The number of aromatic carboxylic acids is 1. The van der Waals surface area contributed by atoms with Gasteiger partial charge in [0.1, 0.15) is 5.76 Å². The molecule has 2 aromatic heterocycles. The van der Waals surface area contributed by atoms with Crippen LogP contribution in [0.25, 0.3) is 10.9 Å². The molecule has 0 aliphatic carbocycles. The number of rotatable bonds is 3. The second-order valence-electron chi connectivity index (χ2n) is 4.50. The fourth-order valence-corrected chi connectivity index (χ4v) is 1.75. The molecule has 0 amide bonds. The van der Waals surface area contributed by atoms with Crippen molar-refractivity contribution in [2.45, 2.75) is 27.3 Å². The molecular weight excluding hydrogens is 238 g/mol. The molecule has 0 spiro atoms. The Balaban J connectivity index is 2.80. The summed E-state index contributed by atoms with van der Waals surface area (Å²) in [4.78, 5) is 23.2. The van der Waals surface area contributed by atoms with E-state index in [9.17, 15) is 9.59 Å². The zero-order valence-corrected chi connectivity index (χ0v) is 10.3. The van der Waals surface area contributed by atoms with Crippen LogP contribution in [0.15, 0.2) is 9.32 Å². The molecule has 0 bridgehead atoms. The minimum absolute atomic E-state index is 0.0144. The van der Waals surface area contributed by atoms with Crippen LogP contribution >= 0.6 is 0 Å². The predicted molar refractivity (Wildman–Crippen MR) is 62.6 cm³/mol. The number of aryl methyl sites for hydroxylation is 1. The average molecular weight is 251 g/mol. The molecule has 0 unspecified atom stereocenters. The minimum atomic E-state index is -1.20. The number of aromatic nitrogens is 3. The maximum absolute atomic E-state index is 12.0. The van der Waals surface area contributed by atoms with Gasteiger partial charge in [0.15, 0.2) is 11.2 Å². The van der Waals surface area contributed by atoms with Gasteiger partial charge in [0, 0.05) is 6.54 Å². The standard InChI is InChI=1S/C11H13N3O4/c1-5(2)4-14-10(15)8-7(6(3)18-13-8)9(12-14)11(16)17/h5H,4H2,1-3H3,(H,16,17). The number of carboxylic acid groups (broad SMARTS) is 1. The third kappa shape index (κ3) is 1.87. The lowest BCUT2D eigenvalue weighted by atomic mass is 10.2. The summed E-state index contributed by atoms with van der Waals surface area (Å²) in [5.41, 5.74) is -0.620. The van der Waals surface area contributed by atoms with Gasteiger partial charge < -0.3 is 9.63 Å². The third-order valence-electron chi connectivity index (χ3n) is 2.50. The molecule has 18 heavy (non-hydrogen) atoms. The highest BCUT2D eigenvalue weighted by atomic mass is 16.5. The molecule has 2 heterocycles. The molecule has 2 rings (SSSR count). The smallest absolute Gasteiger partial charge is 0.357 e. The summed E-state index contributed by atoms with van der Waals surface area (Å²) < 4.78 is 6.00. The van der Waals surface area contributed by atoms with Crippen LogP contribution in [0, 0.1) is 12.8 Å². The third-order valence-corrected chi connectivity index (χ3v) is 2.50. The van der Waals surface area contributed by atoms with Crippen molar-refractivity contribution < 1.29 is 14.4 Å². The molecule has 0 radical (unpaired) electrons. The van der Waals surface area contributed by atoms with Gasteiger partial charge in [-0.1, -0.05) is 19.0 Å². The first-order valence-corrected chi connectivity index (χ1v) is 5.52. The quantitative estimate of drug-likeness (QED) is 0.875. The van der Waals surface area contributed by atoms with Gasteiger partial charge in [-0.25, -0.2) is 9.48 Å². The van der Waals surface area contributed by atoms with E-state index in [0.717, 1.165) is 4.68 Å². The number of carboxylic acids is 1. The van der Waals surface area contributed by atoms with E-state index in [-0.39, 0.29) is 28.3 Å². The first kappa shape index (κ1) is 12.3. The van der Waals surface area contributed by atoms with Crippen molar-refractivity contribution in [1.29, 1.82) is 0 Å². The second-order valence-corrected chi connectivity index (χ2v) is 4.50. The summed E-state index contributed by atoms with van der Waals surface area (Å²) in [7, 11) is 0. The van der Waals surface area contributed by atoms with Crippen LogP contribution in [0.4, 0.5) is 0 Å². The lowest BCUT2D eigenvalue weighted by molar-refractivity contribution is 0.0689. The van der Waals surface area contributed by atoms with Crippen LogP contribution in [0.3, 0.4) is 0 Å². The molecule has 0 aromatic carbocycles. The Bertz CT molecular complexity index is 669. The molecule has 96 valence electrons. The summed E-state index contributed by atoms with van der Waals surface area (Å²) in [5.74, 6) is -0.755. The van der Waals surface area contributed by atoms with E-state index in [1.165, 1.54) is 0 Å². The van der Waals surface area contributed by atoms with Crippen LogP contribution in [-0.2, 0) is 6.54 Å². The van der Waals surface area contributed by atoms with Crippen LogP contribution in [-0.4, -0.2) is 26.0 Å². The first-order chi connectivity index (χ1) is 8.41. The van der Waals surface area contributed by atoms with Crippen molar-refractivity contribution in [3.8, 4) is 0 Å². The van der Waals surface area contributed by atoms with E-state index < -0.39 is 11.5 Å². The molecule has 7 heteroatoms. The Morgan fingerprint density at radius 2 is 2.17 bits per heavy atom. The molecule has 0 fully saturated rings. The van der Waals surface area contributed by atoms with E-state index in [1.807, 2.05) is 13.8 Å². The average Bonchev–Trinajstić information content (AvgIpc) is 2.64. The Morgan fingerprint density at radius 1 is 1.50 bits per heavy atom. The lowest BCUT2D eigenvalue weighted by Gasteiger charge is -2.08. The van der Waals surface area contributed by atoms with E-state index in [4.69, 9.17) is 9.63 Å². The SMILES string of the molecule is Cc1onc2c(=O)n(CC(C)C)nc(C(=O)O)c12. The van der Waals surface area contributed by atoms with Gasteiger partial charge in [0.25, 0.3) is 5.56 Å². The Hall–Kier alpha value is -2.18. The molecule has 0 aliphatic rings. The topological polar surface area (TPSA) is 98.2 Å². The number of hydrogen-bond acceptors (Lipinski definition) is 5. The van der Waals surface area contributed by atoms with E-state index in [2.05, 4.69) is 10.3 Å². The minimum Gasteiger partial charge on any atom is -0.476 e. The Morgan fingerprint density at radius 3 is 2.72 bits per heavy atom. The summed E-state index contributed by atoms with van der Waals surface area (Å²) in [6.45, 7) is 5.70. The normalized spacial score (nSPS) is 11.3. The van der Waals surface area contributed by atoms with Gasteiger partial charge >= 0.3 is 5.97 Å². The van der Waals surface area contributed by atoms with Crippen molar-refractivity contribution in [1.82, 2.24) is 14.9 Å². The summed E-state index contributed by atoms with van der Waals surface area (Å²) in [5, 5.41) is 16.8. The highest BCUT2D eigenvalue weighted by Gasteiger charge is 2.21. The van der Waals surface area contributed by atoms with Gasteiger partial charge in [0.2, 0.25) is 0 Å². The van der Waals surface area contributed by atoms with Crippen LogP contribution < -0.4 is 5.56 Å². The maximum Gasteiger partial charge on any atom is 0.357 e. The monoisotopic (exact) mass is 251 g/mol. The van der Waals surface area contributed by atoms with Crippen LogP contribution in [0.1, 0.15) is 30.1 Å². The predicted octanol–water partition coefficient (Wildman–Crippen LogP) is 1.05. The maximum atomic E-state index is 12.0. The summed E-state index contributed by atoms with van der Waals surface area (Å²) >= 11 is 0. The molecule has 0 saturated carbocycles. The Kier molecular flexibility index (Phi) is 2.90. The van der Waals surface area contributed by atoms with Gasteiger partial charge in [-0.3, -0.25) is 4.79 Å². The van der Waals surface area contributed by atoms with E-state index >= 15 is 0 Å². The molecular formula is C11H13N3O4. The van der Waals surface area contributed by atoms with Gasteiger partial charge in [-0.05, 0) is 12.8 Å². The molecule has 0 saturated heterocycles. The largest absolute Gasteiger partial charge is 0.476 e. The van der Waals surface area contributed by atoms with Gasteiger partial charge in [-0.15, -0.1) is 0 Å². The summed E-state index contributed by atoms with van der Waals surface area (Å²) in [6, 6.07) is 0. The van der Waals surface area contributed by atoms with Crippen molar-refractivity contribution >= 4 is 16.9 Å². The molecule has 0 aliphatic heterocycles. The lowest BCUT2D eigenvalue weighted by Crippen LogP contribution is -2.27. The van der Waals surface area contributed by atoms with Crippen molar-refractivity contribution in [2.24, 2.45) is 5.92 Å². The molecule has 7 nitrogen and oxygen atoms in total. The molecule has 0 atom stereocenters. The van der Waals surface area contributed by atoms with E-state index in [1.54, 1.807) is 6.92 Å². The number of hydrogen-bond donors (Lipinski definition) is 1. The first-order valence-electron chi connectivity index (χ1n) is 5.52. The highest BCUT2D eigenvalue weighted by molar-refractivity contribution is 6.00. The Labute approximate surface area is 102 Å². The second kappa shape index (κ2) is 4.25. The molecule has 2 aromatic rings. The van der Waals surface area contributed by atoms with Crippen molar-refractivity contribution in [3.63, 3.8) is 0 Å². The summed E-state index contributed by atoms with van der Waals surface area (Å²) in [6.07, 6.45) is 0. The highest BCUT2D eigenvalue weighted by Crippen LogP contribution is 2.17. The van der Waals surface area contributed by atoms with Crippen molar-refractivity contribution in [3.05, 3.63) is 21.8 Å². The molecule has 1 N–H and O–H groups in total. The van der Waals surface area contributed by atoms with Crippen molar-refractivity contribution in [2.75, 3.05) is 0 Å². The number of fused-ring (bicyclic) bond motifs is 1. The zero-order chi connectivity index (χ0) is 13.4. The fourth-order valence-electron chi connectivity index (χ4n) is 1.75. The van der Waals surface area contributed by atoms with Gasteiger partial charge in [0.05, 0.1) is 5.39 Å². The zero-order valence-electron chi connectivity index (χ0n) is 10.3.